The second kappa shape index (κ2) is 4.72. The summed E-state index contributed by atoms with van der Waals surface area (Å²) in [7, 11) is 0. The number of aromatic nitrogens is 2. The zero-order chi connectivity index (χ0) is 12.4. The van der Waals surface area contributed by atoms with Crippen LogP contribution in [0.3, 0.4) is 0 Å². The predicted molar refractivity (Wildman–Crippen MR) is 67.7 cm³/mol. The van der Waals surface area contributed by atoms with E-state index in [0.717, 1.165) is 17.2 Å². The Kier molecular flexibility index (Phi) is 3.29. The highest BCUT2D eigenvalue weighted by atomic mass is 35.5. The molecule has 0 fully saturated rings. The molecular weight excluding hydrogens is 236 g/mol. The van der Waals surface area contributed by atoms with Crippen LogP contribution in [0.2, 0.25) is 0 Å². The highest BCUT2D eigenvalue weighted by Crippen LogP contribution is 2.19. The van der Waals surface area contributed by atoms with E-state index in [1.54, 1.807) is 6.20 Å². The monoisotopic (exact) mass is 248 g/mol. The zero-order valence-corrected chi connectivity index (χ0v) is 10.5. The van der Waals surface area contributed by atoms with Gasteiger partial charge < -0.3 is 9.36 Å². The molecule has 0 saturated carbocycles. The van der Waals surface area contributed by atoms with Gasteiger partial charge in [-0.1, -0.05) is 6.07 Å². The van der Waals surface area contributed by atoms with Crippen molar-refractivity contribution in [2.75, 3.05) is 0 Å². The van der Waals surface area contributed by atoms with Crippen molar-refractivity contribution in [1.29, 1.82) is 0 Å². The molecule has 0 aliphatic carbocycles. The summed E-state index contributed by atoms with van der Waals surface area (Å²) in [4.78, 5) is 14.9. The predicted octanol–water partition coefficient (Wildman–Crippen LogP) is 2.97. The van der Waals surface area contributed by atoms with Crippen LogP contribution in [0.25, 0.3) is 5.82 Å². The molecule has 17 heavy (non-hydrogen) atoms. The fourth-order valence-electron chi connectivity index (χ4n) is 1.80. The van der Waals surface area contributed by atoms with E-state index in [0.29, 0.717) is 11.8 Å². The first-order valence-corrected chi connectivity index (χ1v) is 5.78. The van der Waals surface area contributed by atoms with Crippen LogP contribution in [-0.2, 0) is 4.79 Å². The first kappa shape index (κ1) is 11.9. The van der Waals surface area contributed by atoms with Crippen LogP contribution in [0.15, 0.2) is 30.5 Å². The molecule has 4 heteroatoms. The van der Waals surface area contributed by atoms with Gasteiger partial charge in [0.2, 0.25) is 0 Å². The first-order valence-electron chi connectivity index (χ1n) is 5.34. The second-order valence-electron chi connectivity index (χ2n) is 3.94. The Morgan fingerprint density at radius 1 is 1.24 bits per heavy atom. The van der Waals surface area contributed by atoms with Crippen molar-refractivity contribution in [3.63, 3.8) is 0 Å². The van der Waals surface area contributed by atoms with Gasteiger partial charge in [0.15, 0.2) is 0 Å². The van der Waals surface area contributed by atoms with Crippen LogP contribution in [-0.4, -0.2) is 15.8 Å². The van der Waals surface area contributed by atoms with Crippen LogP contribution in [0.5, 0.6) is 0 Å². The maximum absolute atomic E-state index is 10.6. The van der Waals surface area contributed by atoms with Gasteiger partial charge in [-0.3, -0.25) is 0 Å². The van der Waals surface area contributed by atoms with Crippen LogP contribution < -0.4 is 0 Å². The Bertz CT molecular complexity index is 511. The summed E-state index contributed by atoms with van der Waals surface area (Å²) in [5.41, 5.74) is 2.97. The van der Waals surface area contributed by atoms with Crippen molar-refractivity contribution in [3.8, 4) is 5.82 Å². The van der Waals surface area contributed by atoms with E-state index in [1.165, 1.54) is 0 Å². The average Bonchev–Trinajstić information content (AvgIpc) is 2.68. The molecule has 0 spiro atoms. The third-order valence-corrected chi connectivity index (χ3v) is 3.06. The van der Waals surface area contributed by atoms with Gasteiger partial charge in [-0.25, -0.2) is 4.98 Å². The molecule has 0 amide bonds. The SMILES string of the molecule is Cc1ccc(C)n1-c1ccc(C(Cl)C=O)cn1. The molecule has 88 valence electrons. The van der Waals surface area contributed by atoms with E-state index < -0.39 is 5.38 Å². The number of hydrogen-bond donors (Lipinski definition) is 0. The fourth-order valence-corrected chi connectivity index (χ4v) is 1.93. The quantitative estimate of drug-likeness (QED) is 0.618. The molecule has 2 aromatic heterocycles. The van der Waals surface area contributed by atoms with Gasteiger partial charge in [0, 0.05) is 17.6 Å². The van der Waals surface area contributed by atoms with Gasteiger partial charge in [0.1, 0.15) is 17.5 Å². The maximum Gasteiger partial charge on any atom is 0.142 e. The molecule has 2 aromatic rings. The molecule has 1 atom stereocenters. The molecule has 2 heterocycles. The van der Waals surface area contributed by atoms with E-state index in [4.69, 9.17) is 11.6 Å². The number of aldehydes is 1. The van der Waals surface area contributed by atoms with E-state index in [9.17, 15) is 4.79 Å². The minimum atomic E-state index is -0.622. The summed E-state index contributed by atoms with van der Waals surface area (Å²) < 4.78 is 2.05. The number of carbonyl (C=O) groups is 1. The molecule has 3 nitrogen and oxygen atoms in total. The molecule has 0 bridgehead atoms. The molecule has 0 radical (unpaired) electrons. The van der Waals surface area contributed by atoms with Crippen molar-refractivity contribution < 1.29 is 4.79 Å². The Morgan fingerprint density at radius 3 is 2.35 bits per heavy atom. The van der Waals surface area contributed by atoms with Crippen molar-refractivity contribution >= 4 is 17.9 Å². The van der Waals surface area contributed by atoms with Crippen molar-refractivity contribution in [2.24, 2.45) is 0 Å². The fraction of sp³-hybridized carbons (Fsp3) is 0.231. The number of rotatable bonds is 3. The van der Waals surface area contributed by atoms with Gasteiger partial charge in [-0.05, 0) is 37.6 Å². The molecular formula is C13H13ClN2O. The standard InChI is InChI=1S/C13H13ClN2O/c1-9-3-4-10(2)16(9)13-6-5-11(7-15-13)12(14)8-17/h3-8,12H,1-2H3. The third-order valence-electron chi connectivity index (χ3n) is 2.71. The van der Waals surface area contributed by atoms with Crippen LogP contribution in [0, 0.1) is 13.8 Å². The molecule has 0 aliphatic rings. The van der Waals surface area contributed by atoms with Gasteiger partial charge in [-0.2, -0.15) is 0 Å². The van der Waals surface area contributed by atoms with Crippen molar-refractivity contribution in [2.45, 2.75) is 19.2 Å². The number of aryl methyl sites for hydroxylation is 2. The smallest absolute Gasteiger partial charge is 0.142 e. The molecule has 2 rings (SSSR count). The third kappa shape index (κ3) is 2.24. The Morgan fingerprint density at radius 2 is 1.88 bits per heavy atom. The van der Waals surface area contributed by atoms with Gasteiger partial charge in [0.05, 0.1) is 0 Å². The van der Waals surface area contributed by atoms with E-state index >= 15 is 0 Å². The Balaban J connectivity index is 2.39. The molecule has 0 aromatic carbocycles. The Hall–Kier alpha value is -1.61. The molecule has 1 unspecified atom stereocenters. The van der Waals surface area contributed by atoms with Crippen LogP contribution in [0.1, 0.15) is 22.3 Å². The van der Waals surface area contributed by atoms with E-state index in [1.807, 2.05) is 42.7 Å². The van der Waals surface area contributed by atoms with Crippen molar-refractivity contribution in [1.82, 2.24) is 9.55 Å². The van der Waals surface area contributed by atoms with Crippen LogP contribution >= 0.6 is 11.6 Å². The van der Waals surface area contributed by atoms with Gasteiger partial charge in [-0.15, -0.1) is 11.6 Å². The average molecular weight is 249 g/mol. The normalized spacial score (nSPS) is 12.4. The topological polar surface area (TPSA) is 34.9 Å². The number of carbonyl (C=O) groups excluding carboxylic acids is 1. The highest BCUT2D eigenvalue weighted by molar-refractivity contribution is 6.27. The minimum Gasteiger partial charge on any atom is -0.303 e. The van der Waals surface area contributed by atoms with E-state index in [-0.39, 0.29) is 0 Å². The summed E-state index contributed by atoms with van der Waals surface area (Å²) in [5.74, 6) is 0.837. The summed E-state index contributed by atoms with van der Waals surface area (Å²) in [6, 6.07) is 7.78. The minimum absolute atomic E-state index is 0.622. The molecule has 0 N–H and O–H groups in total. The van der Waals surface area contributed by atoms with E-state index in [2.05, 4.69) is 4.98 Å². The lowest BCUT2D eigenvalue weighted by molar-refractivity contribution is -0.107. The summed E-state index contributed by atoms with van der Waals surface area (Å²) in [5, 5.41) is -0.622. The van der Waals surface area contributed by atoms with Crippen molar-refractivity contribution in [3.05, 3.63) is 47.4 Å². The highest BCUT2D eigenvalue weighted by Gasteiger charge is 2.08. The lowest BCUT2D eigenvalue weighted by Crippen LogP contribution is -2.02. The Labute approximate surface area is 105 Å². The summed E-state index contributed by atoms with van der Waals surface area (Å²) in [6.07, 6.45) is 2.34. The summed E-state index contributed by atoms with van der Waals surface area (Å²) in [6.45, 7) is 4.05. The van der Waals surface area contributed by atoms with Crippen LogP contribution in [0.4, 0.5) is 0 Å². The summed E-state index contributed by atoms with van der Waals surface area (Å²) >= 11 is 5.82. The first-order chi connectivity index (χ1) is 8.13. The number of halogens is 1. The maximum atomic E-state index is 10.6. The lowest BCUT2D eigenvalue weighted by atomic mass is 10.2. The number of nitrogens with zero attached hydrogens (tertiary/aromatic N) is 2. The van der Waals surface area contributed by atoms with Gasteiger partial charge >= 0.3 is 0 Å². The van der Waals surface area contributed by atoms with Gasteiger partial charge in [0.25, 0.3) is 0 Å². The molecule has 0 saturated heterocycles. The second-order valence-corrected chi connectivity index (χ2v) is 4.41. The number of alkyl halides is 1. The number of pyridine rings is 1. The lowest BCUT2D eigenvalue weighted by Gasteiger charge is -2.09. The zero-order valence-electron chi connectivity index (χ0n) is 9.72. The number of hydrogen-bond acceptors (Lipinski definition) is 2. The largest absolute Gasteiger partial charge is 0.303 e. The molecule has 0 aliphatic heterocycles.